The minimum atomic E-state index is -0.187. The van der Waals surface area contributed by atoms with Gasteiger partial charge in [-0.2, -0.15) is 4.80 Å². The lowest BCUT2D eigenvalue weighted by molar-refractivity contribution is -0.117. The summed E-state index contributed by atoms with van der Waals surface area (Å²) in [6.07, 6.45) is 0. The smallest absolute Gasteiger partial charge is 0.248 e. The largest absolute Gasteiger partial charge is 0.379 e. The fourth-order valence-electron chi connectivity index (χ4n) is 3.41. The molecule has 1 aliphatic rings. The van der Waals surface area contributed by atoms with Crippen molar-refractivity contribution in [3.8, 4) is 11.4 Å². The Kier molecular flexibility index (Phi) is 6.15. The number of aryl methyl sites for hydroxylation is 1. The molecule has 2 aromatic carbocycles. The van der Waals surface area contributed by atoms with Gasteiger partial charge >= 0.3 is 0 Å². The summed E-state index contributed by atoms with van der Waals surface area (Å²) in [6.45, 7) is 8.42. The van der Waals surface area contributed by atoms with E-state index in [9.17, 15) is 4.79 Å². The van der Waals surface area contributed by atoms with Gasteiger partial charge in [0, 0.05) is 30.9 Å². The average Bonchev–Trinajstić information content (AvgIpc) is 3.21. The maximum Gasteiger partial charge on any atom is 0.248 e. The van der Waals surface area contributed by atoms with Gasteiger partial charge in [0.1, 0.15) is 6.54 Å². The van der Waals surface area contributed by atoms with E-state index in [-0.39, 0.29) is 12.5 Å². The van der Waals surface area contributed by atoms with Crippen molar-refractivity contribution in [2.45, 2.75) is 26.9 Å². The predicted octanol–water partition coefficient (Wildman–Crippen LogP) is 2.43. The van der Waals surface area contributed by atoms with Gasteiger partial charge in [-0.15, -0.1) is 10.2 Å². The van der Waals surface area contributed by atoms with Crippen LogP contribution in [-0.4, -0.2) is 57.3 Å². The van der Waals surface area contributed by atoms with Gasteiger partial charge in [-0.3, -0.25) is 9.69 Å². The molecule has 0 radical (unpaired) electrons. The molecule has 0 aliphatic carbocycles. The van der Waals surface area contributed by atoms with Crippen molar-refractivity contribution in [3.05, 3.63) is 59.2 Å². The maximum atomic E-state index is 12.4. The van der Waals surface area contributed by atoms with Gasteiger partial charge in [0.2, 0.25) is 11.7 Å². The van der Waals surface area contributed by atoms with Crippen LogP contribution >= 0.6 is 0 Å². The number of aromatic nitrogens is 4. The molecule has 8 heteroatoms. The third kappa shape index (κ3) is 4.90. The van der Waals surface area contributed by atoms with Crippen molar-refractivity contribution in [2.75, 3.05) is 31.6 Å². The topological polar surface area (TPSA) is 85.2 Å². The zero-order valence-corrected chi connectivity index (χ0v) is 17.3. The minimum absolute atomic E-state index is 0.00942. The first-order valence-corrected chi connectivity index (χ1v) is 10.1. The van der Waals surface area contributed by atoms with Crippen molar-refractivity contribution >= 4 is 11.6 Å². The standard InChI is InChI=1S/C22H26N6O2/c1-16-4-3-5-20(17(16)2)23-21(29)15-28-25-22(24-26-28)19-8-6-18(7-9-19)14-27-10-12-30-13-11-27/h3-9H,10-15H2,1-2H3,(H,23,29). The molecule has 1 aromatic heterocycles. The quantitative estimate of drug-likeness (QED) is 0.677. The molecule has 8 nitrogen and oxygen atoms in total. The molecule has 3 aromatic rings. The number of morpholine rings is 1. The van der Waals surface area contributed by atoms with Crippen LogP contribution in [0.1, 0.15) is 16.7 Å². The molecular weight excluding hydrogens is 380 g/mol. The fourth-order valence-corrected chi connectivity index (χ4v) is 3.41. The number of amides is 1. The van der Waals surface area contributed by atoms with Crippen molar-refractivity contribution in [1.29, 1.82) is 0 Å². The van der Waals surface area contributed by atoms with Crippen LogP contribution in [0.4, 0.5) is 5.69 Å². The number of nitrogens with zero attached hydrogens (tertiary/aromatic N) is 5. The number of ether oxygens (including phenoxy) is 1. The first kappa shape index (κ1) is 20.2. The third-order valence-corrected chi connectivity index (χ3v) is 5.34. The van der Waals surface area contributed by atoms with Crippen molar-refractivity contribution in [1.82, 2.24) is 25.1 Å². The summed E-state index contributed by atoms with van der Waals surface area (Å²) in [5.41, 5.74) is 5.10. The molecule has 2 heterocycles. The molecule has 0 unspecified atom stereocenters. The van der Waals surface area contributed by atoms with E-state index in [2.05, 4.69) is 37.8 Å². The molecule has 0 spiro atoms. The van der Waals surface area contributed by atoms with E-state index < -0.39 is 0 Å². The number of nitrogens with one attached hydrogen (secondary N) is 1. The molecule has 0 saturated carbocycles. The van der Waals surface area contributed by atoms with Crippen LogP contribution in [0.15, 0.2) is 42.5 Å². The maximum absolute atomic E-state index is 12.4. The number of tetrazole rings is 1. The second-order valence-corrected chi connectivity index (χ2v) is 7.52. The molecule has 4 rings (SSSR count). The monoisotopic (exact) mass is 406 g/mol. The molecule has 1 aliphatic heterocycles. The Labute approximate surface area is 175 Å². The summed E-state index contributed by atoms with van der Waals surface area (Å²) in [6, 6.07) is 14.0. The highest BCUT2D eigenvalue weighted by Gasteiger charge is 2.13. The number of hydrogen-bond donors (Lipinski definition) is 1. The number of carbonyl (C=O) groups is 1. The van der Waals surface area contributed by atoms with Crippen LogP contribution < -0.4 is 5.32 Å². The van der Waals surface area contributed by atoms with Crippen LogP contribution in [0, 0.1) is 13.8 Å². The lowest BCUT2D eigenvalue weighted by Crippen LogP contribution is -2.35. The van der Waals surface area contributed by atoms with Crippen LogP contribution in [-0.2, 0) is 22.6 Å². The van der Waals surface area contributed by atoms with Crippen LogP contribution in [0.25, 0.3) is 11.4 Å². The van der Waals surface area contributed by atoms with Gasteiger partial charge in [0.25, 0.3) is 0 Å². The predicted molar refractivity (Wildman–Crippen MR) is 114 cm³/mol. The Balaban J connectivity index is 1.36. The van der Waals surface area contributed by atoms with Crippen molar-refractivity contribution in [3.63, 3.8) is 0 Å². The van der Waals surface area contributed by atoms with Gasteiger partial charge in [0.15, 0.2) is 0 Å². The Morgan fingerprint density at radius 2 is 1.87 bits per heavy atom. The second kappa shape index (κ2) is 9.15. The van der Waals surface area contributed by atoms with Gasteiger partial charge < -0.3 is 10.1 Å². The molecule has 1 fully saturated rings. The lowest BCUT2D eigenvalue weighted by Gasteiger charge is -2.26. The van der Waals surface area contributed by atoms with Crippen molar-refractivity contribution < 1.29 is 9.53 Å². The van der Waals surface area contributed by atoms with E-state index in [0.717, 1.165) is 55.2 Å². The summed E-state index contributed by atoms with van der Waals surface area (Å²) in [4.78, 5) is 16.1. The Morgan fingerprint density at radius 1 is 1.10 bits per heavy atom. The number of hydrogen-bond acceptors (Lipinski definition) is 6. The number of benzene rings is 2. The van der Waals surface area contributed by atoms with Crippen LogP contribution in [0.3, 0.4) is 0 Å². The minimum Gasteiger partial charge on any atom is -0.379 e. The molecule has 1 N–H and O–H groups in total. The van der Waals surface area contributed by atoms with E-state index in [1.807, 2.05) is 44.2 Å². The SMILES string of the molecule is Cc1cccc(NC(=O)Cn2nnc(-c3ccc(CN4CCOCC4)cc3)n2)c1C. The van der Waals surface area contributed by atoms with E-state index in [1.165, 1.54) is 10.4 Å². The van der Waals surface area contributed by atoms with E-state index in [1.54, 1.807) is 0 Å². The summed E-state index contributed by atoms with van der Waals surface area (Å²) < 4.78 is 5.39. The Bertz CT molecular complexity index is 1010. The third-order valence-electron chi connectivity index (χ3n) is 5.34. The molecule has 1 amide bonds. The number of rotatable bonds is 6. The highest BCUT2D eigenvalue weighted by atomic mass is 16.5. The van der Waals surface area contributed by atoms with Crippen molar-refractivity contribution in [2.24, 2.45) is 0 Å². The Morgan fingerprint density at radius 3 is 2.63 bits per heavy atom. The normalized spacial score (nSPS) is 14.6. The molecule has 30 heavy (non-hydrogen) atoms. The molecule has 1 saturated heterocycles. The second-order valence-electron chi connectivity index (χ2n) is 7.52. The summed E-state index contributed by atoms with van der Waals surface area (Å²) in [5.74, 6) is 0.320. The summed E-state index contributed by atoms with van der Waals surface area (Å²) in [5, 5.41) is 15.4. The molecule has 0 atom stereocenters. The van der Waals surface area contributed by atoms with E-state index in [0.29, 0.717) is 5.82 Å². The highest BCUT2D eigenvalue weighted by molar-refractivity contribution is 5.91. The molecule has 0 bridgehead atoms. The zero-order chi connectivity index (χ0) is 20.9. The number of anilines is 1. The Hall–Kier alpha value is -3.10. The molecular formula is C22H26N6O2. The van der Waals surface area contributed by atoms with E-state index >= 15 is 0 Å². The zero-order valence-electron chi connectivity index (χ0n) is 17.3. The van der Waals surface area contributed by atoms with Gasteiger partial charge in [0.05, 0.1) is 13.2 Å². The van der Waals surface area contributed by atoms with Gasteiger partial charge in [-0.1, -0.05) is 36.4 Å². The van der Waals surface area contributed by atoms with Crippen LogP contribution in [0.5, 0.6) is 0 Å². The van der Waals surface area contributed by atoms with Gasteiger partial charge in [-0.05, 0) is 41.8 Å². The van der Waals surface area contributed by atoms with E-state index in [4.69, 9.17) is 4.74 Å². The average molecular weight is 406 g/mol. The summed E-state index contributed by atoms with van der Waals surface area (Å²) >= 11 is 0. The van der Waals surface area contributed by atoms with Gasteiger partial charge in [-0.25, -0.2) is 0 Å². The summed E-state index contributed by atoms with van der Waals surface area (Å²) in [7, 11) is 0. The first-order chi connectivity index (χ1) is 14.6. The number of carbonyl (C=O) groups excluding carboxylic acids is 1. The lowest BCUT2D eigenvalue weighted by atomic mass is 10.1. The van der Waals surface area contributed by atoms with Crippen LogP contribution in [0.2, 0.25) is 0 Å². The first-order valence-electron chi connectivity index (χ1n) is 10.1. The molecule has 156 valence electrons. The fraction of sp³-hybridized carbons (Fsp3) is 0.364. The highest BCUT2D eigenvalue weighted by Crippen LogP contribution is 2.18.